The second-order valence-electron chi connectivity index (χ2n) is 3.53. The fourth-order valence-electron chi connectivity index (χ4n) is 1.84. The van der Waals surface area contributed by atoms with Crippen LogP contribution in [-0.4, -0.2) is 35.0 Å². The van der Waals surface area contributed by atoms with Crippen molar-refractivity contribution in [2.24, 2.45) is 0 Å². The van der Waals surface area contributed by atoms with E-state index in [4.69, 9.17) is 9.84 Å². The quantitative estimate of drug-likeness (QED) is 0.541. The maximum atomic E-state index is 10.8. The smallest absolute Gasteiger partial charge is 0.415 e. The van der Waals surface area contributed by atoms with Crippen molar-refractivity contribution >= 4 is 11.8 Å². The molecule has 3 rings (SSSR count). The lowest BCUT2D eigenvalue weighted by Crippen LogP contribution is -2.44. The van der Waals surface area contributed by atoms with E-state index in [1.165, 1.54) is 12.4 Å². The lowest BCUT2D eigenvalue weighted by atomic mass is 10.2. The number of hydrogen-bond donors (Lipinski definition) is 3. The van der Waals surface area contributed by atoms with Crippen LogP contribution in [0.2, 0.25) is 0 Å². The van der Waals surface area contributed by atoms with E-state index in [9.17, 15) is 4.79 Å². The van der Waals surface area contributed by atoms with Gasteiger partial charge in [0.05, 0.1) is 12.2 Å². The monoisotopic (exact) mass is 210 g/mol. The van der Waals surface area contributed by atoms with Gasteiger partial charge >= 0.3 is 6.09 Å². The fraction of sp³-hybridized carbons (Fsp3) is 0.375. The van der Waals surface area contributed by atoms with Crippen molar-refractivity contribution in [3.05, 3.63) is 12.4 Å². The summed E-state index contributed by atoms with van der Waals surface area (Å²) in [4.78, 5) is 10.8. The molecule has 3 N–H and O–H groups in total. The molecule has 0 aromatic carbocycles. The topological polar surface area (TPSA) is 78.8 Å². The minimum absolute atomic E-state index is 0.210. The highest BCUT2D eigenvalue weighted by molar-refractivity contribution is 5.73. The number of nitrogens with one attached hydrogen (secondary N) is 2. The van der Waals surface area contributed by atoms with Crippen LogP contribution in [0.25, 0.3) is 0 Å². The van der Waals surface area contributed by atoms with Gasteiger partial charge in [0, 0.05) is 12.7 Å². The van der Waals surface area contributed by atoms with E-state index in [-0.39, 0.29) is 6.04 Å². The van der Waals surface area contributed by atoms with Crippen LogP contribution in [-0.2, 0) is 0 Å². The van der Waals surface area contributed by atoms with Gasteiger partial charge in [-0.1, -0.05) is 0 Å². The molecule has 0 spiro atoms. The Morgan fingerprint density at radius 2 is 2.47 bits per heavy atom. The molecular weight excluding hydrogens is 200 g/mol. The number of hydrogen-bond acceptors (Lipinski definition) is 5. The molecule has 7 nitrogen and oxygen atoms in total. The first kappa shape index (κ1) is 8.57. The summed E-state index contributed by atoms with van der Waals surface area (Å²) in [7, 11) is 0. The molecule has 0 bridgehead atoms. The molecule has 1 fully saturated rings. The molecule has 3 heterocycles. The summed E-state index contributed by atoms with van der Waals surface area (Å²) < 4.78 is 6.55. The van der Waals surface area contributed by atoms with Crippen LogP contribution >= 0.6 is 0 Å². The molecule has 1 aromatic heterocycles. The predicted molar refractivity (Wildman–Crippen MR) is 50.8 cm³/mol. The number of carbonyl (C=O) groups is 1. The highest BCUT2D eigenvalue weighted by Gasteiger charge is 2.33. The minimum atomic E-state index is -1.02. The summed E-state index contributed by atoms with van der Waals surface area (Å²) in [6, 6.07) is 0.210. The van der Waals surface area contributed by atoms with Gasteiger partial charge in [0.2, 0.25) is 0 Å². The summed E-state index contributed by atoms with van der Waals surface area (Å²) in [5, 5.41) is 10.7. The number of nitrogens with zero attached hydrogens (tertiary/aromatic N) is 2. The molecule has 0 aliphatic carbocycles. The summed E-state index contributed by atoms with van der Waals surface area (Å²) in [6.07, 6.45) is 1.98. The molecule has 7 heteroatoms. The van der Waals surface area contributed by atoms with E-state index in [1.807, 2.05) is 5.01 Å². The zero-order chi connectivity index (χ0) is 10.4. The van der Waals surface area contributed by atoms with Gasteiger partial charge in [0.25, 0.3) is 0 Å². The van der Waals surface area contributed by atoms with Gasteiger partial charge in [-0.25, -0.2) is 10.2 Å². The largest absolute Gasteiger partial charge is 0.487 e. The average molecular weight is 210 g/mol. The Balaban J connectivity index is 2.02. The molecule has 15 heavy (non-hydrogen) atoms. The number of rotatable bonds is 0. The van der Waals surface area contributed by atoms with Gasteiger partial charge in [-0.15, -0.1) is 0 Å². The Kier molecular flexibility index (Phi) is 1.64. The highest BCUT2D eigenvalue weighted by atomic mass is 16.5. The first-order chi connectivity index (χ1) is 7.25. The van der Waals surface area contributed by atoms with Crippen LogP contribution in [0.3, 0.4) is 0 Å². The van der Waals surface area contributed by atoms with Gasteiger partial charge < -0.3 is 9.84 Å². The summed E-state index contributed by atoms with van der Waals surface area (Å²) in [6.45, 7) is 1.33. The van der Waals surface area contributed by atoms with Crippen molar-refractivity contribution in [1.82, 2.24) is 15.5 Å². The van der Waals surface area contributed by atoms with E-state index in [0.29, 0.717) is 12.4 Å². The molecule has 1 aromatic rings. The first-order valence-corrected chi connectivity index (χ1v) is 4.61. The molecule has 0 radical (unpaired) electrons. The third kappa shape index (κ3) is 1.17. The maximum absolute atomic E-state index is 10.8. The van der Waals surface area contributed by atoms with Crippen molar-refractivity contribution in [2.75, 3.05) is 18.2 Å². The second kappa shape index (κ2) is 2.88. The van der Waals surface area contributed by atoms with Crippen LogP contribution in [0.15, 0.2) is 12.4 Å². The third-order valence-corrected chi connectivity index (χ3v) is 2.58. The third-order valence-electron chi connectivity index (χ3n) is 2.58. The van der Waals surface area contributed by atoms with E-state index in [1.54, 1.807) is 0 Å². The van der Waals surface area contributed by atoms with Gasteiger partial charge in [-0.3, -0.25) is 9.58 Å². The lowest BCUT2D eigenvalue weighted by molar-refractivity contribution is 0.196. The van der Waals surface area contributed by atoms with Crippen LogP contribution in [0.4, 0.5) is 10.5 Å². The summed E-state index contributed by atoms with van der Waals surface area (Å²) >= 11 is 0. The molecule has 0 saturated carbocycles. The molecular formula is C8H10N4O3. The van der Waals surface area contributed by atoms with E-state index in [2.05, 4.69) is 11.0 Å². The Hall–Kier alpha value is -1.73. The van der Waals surface area contributed by atoms with Crippen molar-refractivity contribution in [1.29, 1.82) is 0 Å². The van der Waals surface area contributed by atoms with Crippen LogP contribution in [0, 0.1) is 0 Å². The number of anilines is 1. The average Bonchev–Trinajstić information content (AvgIpc) is 2.82. The molecule has 1 atom stereocenters. The SMILES string of the molecule is O=C(O)n1cc2c(c1)N1NNCC1CO2. The highest BCUT2D eigenvalue weighted by Crippen LogP contribution is 2.34. The second-order valence-corrected chi connectivity index (χ2v) is 3.53. The Bertz CT molecular complexity index is 416. The Morgan fingerprint density at radius 1 is 1.60 bits per heavy atom. The standard InChI is InChI=1S/C8H10N4O3/c13-8(14)11-2-6-7(3-11)15-4-5-1-9-10-12(5)6/h2-3,5,9-10H,1,4H2,(H,13,14). The fourth-order valence-corrected chi connectivity index (χ4v) is 1.84. The van der Waals surface area contributed by atoms with Crippen LogP contribution in [0.5, 0.6) is 5.75 Å². The molecule has 0 amide bonds. The Labute approximate surface area is 85.2 Å². The van der Waals surface area contributed by atoms with Crippen molar-refractivity contribution in [3.8, 4) is 5.75 Å². The lowest BCUT2D eigenvalue weighted by Gasteiger charge is -2.29. The van der Waals surface area contributed by atoms with Crippen molar-refractivity contribution < 1.29 is 14.6 Å². The van der Waals surface area contributed by atoms with Gasteiger partial charge in [-0.2, -0.15) is 5.53 Å². The summed E-state index contributed by atoms with van der Waals surface area (Å²) in [5.41, 5.74) is 6.70. The molecule has 2 aliphatic rings. The van der Waals surface area contributed by atoms with Gasteiger partial charge in [0.15, 0.2) is 5.75 Å². The summed E-state index contributed by atoms with van der Waals surface area (Å²) in [5.74, 6) is 0.588. The van der Waals surface area contributed by atoms with E-state index >= 15 is 0 Å². The zero-order valence-corrected chi connectivity index (χ0v) is 7.80. The zero-order valence-electron chi connectivity index (χ0n) is 7.80. The van der Waals surface area contributed by atoms with E-state index in [0.717, 1.165) is 16.8 Å². The number of aromatic nitrogens is 1. The predicted octanol–water partition coefficient (Wildman–Crippen LogP) is -0.396. The van der Waals surface area contributed by atoms with Gasteiger partial charge in [0.1, 0.15) is 12.3 Å². The van der Waals surface area contributed by atoms with Crippen molar-refractivity contribution in [2.45, 2.75) is 6.04 Å². The van der Waals surface area contributed by atoms with Crippen LogP contribution in [0.1, 0.15) is 0 Å². The maximum Gasteiger partial charge on any atom is 0.415 e. The minimum Gasteiger partial charge on any atom is -0.487 e. The molecule has 80 valence electrons. The molecule has 2 aliphatic heterocycles. The number of fused-ring (bicyclic) bond motifs is 3. The van der Waals surface area contributed by atoms with Crippen LogP contribution < -0.4 is 20.7 Å². The normalized spacial score (nSPS) is 23.2. The number of carboxylic acid groups (broad SMARTS) is 1. The van der Waals surface area contributed by atoms with Gasteiger partial charge in [-0.05, 0) is 0 Å². The number of hydrazine groups is 2. The van der Waals surface area contributed by atoms with E-state index < -0.39 is 6.09 Å². The van der Waals surface area contributed by atoms with Crippen molar-refractivity contribution in [3.63, 3.8) is 0 Å². The Morgan fingerprint density at radius 3 is 3.27 bits per heavy atom. The first-order valence-electron chi connectivity index (χ1n) is 4.61. The number of ether oxygens (including phenoxy) is 1. The molecule has 1 unspecified atom stereocenters. The molecule has 1 saturated heterocycles.